The molecule has 0 radical (unpaired) electrons. The van der Waals surface area contributed by atoms with Crippen molar-refractivity contribution in [2.45, 2.75) is 46.1 Å². The summed E-state index contributed by atoms with van der Waals surface area (Å²) in [6.07, 6.45) is 0.380. The standard InChI is InChI=1S/C16H26N2O/c1-12(13-8-6-5-7-9-13)11-18-15(19)10-14(17)16(2,3)4/h5-9,12,14H,10-11,17H2,1-4H3,(H,18,19). The lowest BCUT2D eigenvalue weighted by molar-refractivity contribution is -0.122. The van der Waals surface area contributed by atoms with Gasteiger partial charge in [0.05, 0.1) is 0 Å². The Morgan fingerprint density at radius 1 is 1.26 bits per heavy atom. The van der Waals surface area contributed by atoms with Crippen LogP contribution < -0.4 is 11.1 Å². The van der Waals surface area contributed by atoms with Crippen LogP contribution in [0.2, 0.25) is 0 Å². The molecule has 3 N–H and O–H groups in total. The minimum Gasteiger partial charge on any atom is -0.355 e. The van der Waals surface area contributed by atoms with Gasteiger partial charge in [-0.1, -0.05) is 58.0 Å². The zero-order valence-electron chi connectivity index (χ0n) is 12.4. The van der Waals surface area contributed by atoms with Crippen LogP contribution in [-0.2, 0) is 4.79 Å². The van der Waals surface area contributed by atoms with Crippen LogP contribution in [0, 0.1) is 5.41 Å². The van der Waals surface area contributed by atoms with E-state index < -0.39 is 0 Å². The average Bonchev–Trinajstić information content (AvgIpc) is 2.35. The lowest BCUT2D eigenvalue weighted by Crippen LogP contribution is -2.40. The second kappa shape index (κ2) is 6.71. The largest absolute Gasteiger partial charge is 0.355 e. The maximum Gasteiger partial charge on any atom is 0.221 e. The summed E-state index contributed by atoms with van der Waals surface area (Å²) >= 11 is 0. The van der Waals surface area contributed by atoms with E-state index in [1.807, 2.05) is 18.2 Å². The molecule has 2 unspecified atom stereocenters. The van der Waals surface area contributed by atoms with Gasteiger partial charge in [-0.15, -0.1) is 0 Å². The zero-order chi connectivity index (χ0) is 14.5. The number of hydrogen-bond donors (Lipinski definition) is 2. The van der Waals surface area contributed by atoms with Crippen molar-refractivity contribution in [3.63, 3.8) is 0 Å². The minimum atomic E-state index is -0.112. The highest BCUT2D eigenvalue weighted by atomic mass is 16.1. The predicted octanol–water partition coefficient (Wildman–Crippen LogP) is 2.67. The third-order valence-electron chi connectivity index (χ3n) is 3.49. The molecule has 1 aromatic carbocycles. The monoisotopic (exact) mass is 262 g/mol. The van der Waals surface area contributed by atoms with Gasteiger partial charge in [-0.25, -0.2) is 0 Å². The summed E-state index contributed by atoms with van der Waals surface area (Å²) in [4.78, 5) is 11.8. The lowest BCUT2D eigenvalue weighted by Gasteiger charge is -2.26. The Kier molecular flexibility index (Phi) is 5.55. The molecule has 0 aliphatic carbocycles. The topological polar surface area (TPSA) is 55.1 Å². The number of carbonyl (C=O) groups is 1. The van der Waals surface area contributed by atoms with Crippen molar-refractivity contribution in [2.75, 3.05) is 6.54 Å². The molecule has 0 spiro atoms. The summed E-state index contributed by atoms with van der Waals surface area (Å²) in [5, 5.41) is 2.96. The first kappa shape index (κ1) is 15.7. The van der Waals surface area contributed by atoms with Crippen molar-refractivity contribution in [3.8, 4) is 0 Å². The molecule has 0 fully saturated rings. The van der Waals surface area contributed by atoms with Crippen LogP contribution in [0.5, 0.6) is 0 Å². The first-order chi connectivity index (χ1) is 8.80. The van der Waals surface area contributed by atoms with Crippen LogP contribution in [0.4, 0.5) is 0 Å². The van der Waals surface area contributed by atoms with E-state index in [4.69, 9.17) is 5.73 Å². The SMILES string of the molecule is CC(CNC(=O)CC(N)C(C)(C)C)c1ccccc1. The highest BCUT2D eigenvalue weighted by Gasteiger charge is 2.23. The summed E-state index contributed by atoms with van der Waals surface area (Å²) < 4.78 is 0. The number of hydrogen-bond acceptors (Lipinski definition) is 2. The molecule has 0 saturated carbocycles. The molecule has 2 atom stereocenters. The molecule has 0 aliphatic rings. The fourth-order valence-corrected chi connectivity index (χ4v) is 1.74. The van der Waals surface area contributed by atoms with E-state index in [0.29, 0.717) is 18.9 Å². The molecular formula is C16H26N2O. The number of nitrogens with two attached hydrogens (primary N) is 1. The molecule has 1 amide bonds. The van der Waals surface area contributed by atoms with Crippen LogP contribution in [0.3, 0.4) is 0 Å². The van der Waals surface area contributed by atoms with Gasteiger partial charge in [0.15, 0.2) is 0 Å². The van der Waals surface area contributed by atoms with Crippen molar-refractivity contribution in [3.05, 3.63) is 35.9 Å². The Hall–Kier alpha value is -1.35. The number of benzene rings is 1. The molecule has 0 bridgehead atoms. The maximum absolute atomic E-state index is 11.8. The van der Waals surface area contributed by atoms with Crippen molar-refractivity contribution in [1.82, 2.24) is 5.32 Å². The van der Waals surface area contributed by atoms with Gasteiger partial charge in [0.1, 0.15) is 0 Å². The second-order valence-electron chi connectivity index (χ2n) is 6.29. The summed E-state index contributed by atoms with van der Waals surface area (Å²) in [7, 11) is 0. The third-order valence-corrected chi connectivity index (χ3v) is 3.49. The minimum absolute atomic E-state index is 0.0326. The zero-order valence-corrected chi connectivity index (χ0v) is 12.4. The molecule has 0 heterocycles. The van der Waals surface area contributed by atoms with Gasteiger partial charge in [0.2, 0.25) is 5.91 Å². The van der Waals surface area contributed by atoms with E-state index in [1.54, 1.807) is 0 Å². The molecule has 0 saturated heterocycles. The molecule has 106 valence electrons. The van der Waals surface area contributed by atoms with Gasteiger partial charge in [-0.05, 0) is 16.9 Å². The van der Waals surface area contributed by atoms with Crippen molar-refractivity contribution in [1.29, 1.82) is 0 Å². The number of amides is 1. The second-order valence-corrected chi connectivity index (χ2v) is 6.29. The average molecular weight is 262 g/mol. The number of carbonyl (C=O) groups excluding carboxylic acids is 1. The van der Waals surface area contributed by atoms with E-state index in [2.05, 4.69) is 45.1 Å². The molecule has 1 aromatic rings. The van der Waals surface area contributed by atoms with E-state index in [-0.39, 0.29) is 17.4 Å². The fraction of sp³-hybridized carbons (Fsp3) is 0.562. The van der Waals surface area contributed by atoms with Gasteiger partial charge in [-0.3, -0.25) is 4.79 Å². The van der Waals surface area contributed by atoms with Gasteiger partial charge in [0, 0.05) is 19.0 Å². The van der Waals surface area contributed by atoms with Crippen molar-refractivity contribution >= 4 is 5.91 Å². The predicted molar refractivity (Wildman–Crippen MR) is 79.9 cm³/mol. The van der Waals surface area contributed by atoms with Crippen molar-refractivity contribution < 1.29 is 4.79 Å². The van der Waals surface area contributed by atoms with Gasteiger partial charge < -0.3 is 11.1 Å². The third kappa shape index (κ3) is 5.43. The molecular weight excluding hydrogens is 236 g/mol. The Labute approximate surface area is 116 Å². The van der Waals surface area contributed by atoms with E-state index in [9.17, 15) is 4.79 Å². The molecule has 19 heavy (non-hydrogen) atoms. The smallest absolute Gasteiger partial charge is 0.221 e. The lowest BCUT2D eigenvalue weighted by atomic mass is 9.85. The molecule has 3 nitrogen and oxygen atoms in total. The highest BCUT2D eigenvalue weighted by Crippen LogP contribution is 2.19. The van der Waals surface area contributed by atoms with Gasteiger partial charge in [0.25, 0.3) is 0 Å². The molecule has 1 rings (SSSR count). The first-order valence-corrected chi connectivity index (χ1v) is 6.88. The maximum atomic E-state index is 11.8. The Balaban J connectivity index is 2.39. The summed E-state index contributed by atoms with van der Waals surface area (Å²) in [5.41, 5.74) is 7.21. The highest BCUT2D eigenvalue weighted by molar-refractivity contribution is 5.76. The summed E-state index contributed by atoms with van der Waals surface area (Å²) in [5.74, 6) is 0.348. The Morgan fingerprint density at radius 2 is 1.84 bits per heavy atom. The Morgan fingerprint density at radius 3 is 2.37 bits per heavy atom. The summed E-state index contributed by atoms with van der Waals surface area (Å²) in [6.45, 7) is 8.92. The summed E-state index contributed by atoms with van der Waals surface area (Å²) in [6, 6.07) is 10.1. The molecule has 0 aliphatic heterocycles. The molecule has 3 heteroatoms. The van der Waals surface area contributed by atoms with Gasteiger partial charge in [-0.2, -0.15) is 0 Å². The quantitative estimate of drug-likeness (QED) is 0.857. The van der Waals surface area contributed by atoms with E-state index in [0.717, 1.165) is 0 Å². The van der Waals surface area contributed by atoms with Crippen molar-refractivity contribution in [2.24, 2.45) is 11.1 Å². The number of nitrogens with one attached hydrogen (secondary N) is 1. The van der Waals surface area contributed by atoms with Crippen LogP contribution in [-0.4, -0.2) is 18.5 Å². The fourth-order valence-electron chi connectivity index (χ4n) is 1.74. The normalized spacial score (nSPS) is 14.8. The van der Waals surface area contributed by atoms with E-state index in [1.165, 1.54) is 5.56 Å². The van der Waals surface area contributed by atoms with E-state index >= 15 is 0 Å². The molecule has 0 aromatic heterocycles. The van der Waals surface area contributed by atoms with Crippen LogP contribution >= 0.6 is 0 Å². The van der Waals surface area contributed by atoms with Gasteiger partial charge >= 0.3 is 0 Å². The van der Waals surface area contributed by atoms with Crippen LogP contribution in [0.15, 0.2) is 30.3 Å². The Bertz CT molecular complexity index is 395. The first-order valence-electron chi connectivity index (χ1n) is 6.88. The van der Waals surface area contributed by atoms with Crippen LogP contribution in [0.25, 0.3) is 0 Å². The number of rotatable bonds is 5. The van der Waals surface area contributed by atoms with Crippen LogP contribution in [0.1, 0.15) is 45.6 Å².